The van der Waals surface area contributed by atoms with Crippen LogP contribution in [0.25, 0.3) is 0 Å². The van der Waals surface area contributed by atoms with Crippen molar-refractivity contribution in [2.75, 3.05) is 41.7 Å². The quantitative estimate of drug-likeness (QED) is 0.352. The van der Waals surface area contributed by atoms with E-state index in [4.69, 9.17) is 42.1 Å². The van der Waals surface area contributed by atoms with Gasteiger partial charge in [-0.1, -0.05) is 46.9 Å². The van der Waals surface area contributed by atoms with Crippen molar-refractivity contribution in [3.63, 3.8) is 0 Å². The number of hydrogen-bond acceptors (Lipinski definition) is 6. The van der Waals surface area contributed by atoms with Crippen molar-refractivity contribution < 1.29 is 66.9 Å². The minimum Gasteiger partial charge on any atom is -0.830 e. The van der Waals surface area contributed by atoms with Crippen LogP contribution in [0.15, 0.2) is 21.6 Å². The zero-order valence-electron chi connectivity index (χ0n) is 15.6. The maximum Gasteiger partial charge on any atom is 1.00 e. The summed E-state index contributed by atoms with van der Waals surface area (Å²) in [6.45, 7) is -0.0253. The van der Waals surface area contributed by atoms with Gasteiger partial charge in [-0.15, -0.1) is 0 Å². The van der Waals surface area contributed by atoms with Crippen molar-refractivity contribution in [3.05, 3.63) is 21.6 Å². The van der Waals surface area contributed by atoms with Crippen molar-refractivity contribution in [3.8, 4) is 23.7 Å². The Labute approximate surface area is 187 Å². The Morgan fingerprint density at radius 3 is 1.31 bits per heavy atom. The average molecular weight is 389 g/mol. The number of methoxy groups -OCH3 is 4. The van der Waals surface area contributed by atoms with Crippen LogP contribution in [-0.2, 0) is 18.9 Å². The van der Waals surface area contributed by atoms with Crippen LogP contribution in [0.3, 0.4) is 0 Å². The Bertz CT molecular complexity index is 616. The zero-order chi connectivity index (χ0) is 18.4. The molecule has 6 nitrogen and oxygen atoms in total. The summed E-state index contributed by atoms with van der Waals surface area (Å²) < 4.78 is 19.6. The van der Waals surface area contributed by atoms with Crippen LogP contribution >= 0.6 is 23.2 Å². The largest absolute Gasteiger partial charge is 1.00 e. The fourth-order valence-electron chi connectivity index (χ4n) is 1.98. The van der Waals surface area contributed by atoms with E-state index < -0.39 is 32.8 Å². The van der Waals surface area contributed by atoms with E-state index in [1.165, 1.54) is 28.4 Å². The molecule has 0 aromatic rings. The second kappa shape index (κ2) is 12.3. The molecule has 0 radical (unpaired) electrons. The van der Waals surface area contributed by atoms with Gasteiger partial charge in [0.1, 0.15) is 24.7 Å². The van der Waals surface area contributed by atoms with Crippen LogP contribution in [0.2, 0.25) is 0 Å². The normalized spacial score (nSPS) is 24.3. The summed E-state index contributed by atoms with van der Waals surface area (Å²) in [4.78, 5) is 0. The van der Waals surface area contributed by atoms with Gasteiger partial charge in [-0.05, 0) is 0 Å². The van der Waals surface area contributed by atoms with Gasteiger partial charge < -0.3 is 29.2 Å². The number of halogens is 2. The molecule has 1 aliphatic rings. The molecule has 1 aliphatic carbocycles. The van der Waals surface area contributed by atoms with Crippen LogP contribution in [0.5, 0.6) is 0 Å². The maximum atomic E-state index is 13.1. The molecule has 1 rings (SSSR count). The second-order valence-electron chi connectivity index (χ2n) is 4.53. The minimum atomic E-state index is -2.39. The Morgan fingerprint density at radius 2 is 1.08 bits per heavy atom. The fourth-order valence-corrected chi connectivity index (χ4v) is 2.67. The summed E-state index contributed by atoms with van der Waals surface area (Å²) in [5, 5.41) is 25.2. The zero-order valence-corrected chi connectivity index (χ0v) is 17.1. The standard InChI is InChI=1S/C16H16Cl2O6.2Li/c1-21-9-5-7-15(19)11(17)14(24-4)16(20,8-6-10-22-2)12(18)13(15)23-3;;/h9-10H2,1-4H3;;/q-2;2*+1. The molecule has 0 bridgehead atoms. The molecule has 0 saturated carbocycles. The summed E-state index contributed by atoms with van der Waals surface area (Å²) in [6, 6.07) is 0. The third kappa shape index (κ3) is 5.42. The summed E-state index contributed by atoms with van der Waals surface area (Å²) in [6.07, 6.45) is 0. The van der Waals surface area contributed by atoms with E-state index in [1.54, 1.807) is 0 Å². The molecule has 0 spiro atoms. The molecule has 132 valence electrons. The van der Waals surface area contributed by atoms with Crippen LogP contribution in [0, 0.1) is 23.7 Å². The van der Waals surface area contributed by atoms with E-state index in [9.17, 15) is 10.2 Å². The van der Waals surface area contributed by atoms with Gasteiger partial charge in [-0.3, -0.25) is 0 Å². The first-order valence-corrected chi connectivity index (χ1v) is 7.37. The van der Waals surface area contributed by atoms with Crippen molar-refractivity contribution >= 4 is 23.2 Å². The van der Waals surface area contributed by atoms with E-state index in [0.29, 0.717) is 0 Å². The molecule has 2 atom stereocenters. The molecular formula is C16H16Cl2Li2O6. The number of hydrogen-bond donors (Lipinski definition) is 0. The average Bonchev–Trinajstić information content (AvgIpc) is 2.55. The molecule has 0 N–H and O–H groups in total. The van der Waals surface area contributed by atoms with Crippen LogP contribution in [-0.4, -0.2) is 52.9 Å². The van der Waals surface area contributed by atoms with Crippen LogP contribution in [0.1, 0.15) is 0 Å². The van der Waals surface area contributed by atoms with Crippen molar-refractivity contribution in [1.29, 1.82) is 0 Å². The molecule has 0 saturated heterocycles. The summed E-state index contributed by atoms with van der Waals surface area (Å²) in [7, 11) is 5.21. The van der Waals surface area contributed by atoms with E-state index in [2.05, 4.69) is 23.7 Å². The molecular weight excluding hydrogens is 373 g/mol. The summed E-state index contributed by atoms with van der Waals surface area (Å²) in [5.41, 5.74) is -4.79. The van der Waals surface area contributed by atoms with Gasteiger partial charge in [0, 0.05) is 14.2 Å². The minimum absolute atomic E-state index is 0. The van der Waals surface area contributed by atoms with Gasteiger partial charge in [0.15, 0.2) is 0 Å². The number of rotatable bonds is 4. The van der Waals surface area contributed by atoms with Crippen LogP contribution in [0.4, 0.5) is 0 Å². The molecule has 0 aliphatic heterocycles. The molecule has 2 unspecified atom stereocenters. The summed E-state index contributed by atoms with van der Waals surface area (Å²) >= 11 is 12.3. The fraction of sp³-hybridized carbons (Fsp3) is 0.500. The third-order valence-corrected chi connectivity index (χ3v) is 3.90. The van der Waals surface area contributed by atoms with Gasteiger partial charge in [0.2, 0.25) is 0 Å². The molecule has 0 aromatic carbocycles. The molecule has 0 amide bonds. The Balaban J connectivity index is 0. The van der Waals surface area contributed by atoms with Gasteiger partial charge in [-0.2, -0.15) is 0 Å². The Hall–Kier alpha value is -0.185. The van der Waals surface area contributed by atoms with Crippen molar-refractivity contribution in [2.24, 2.45) is 0 Å². The molecule has 26 heavy (non-hydrogen) atoms. The monoisotopic (exact) mass is 388 g/mol. The molecule has 0 fully saturated rings. The third-order valence-electron chi connectivity index (χ3n) is 3.03. The van der Waals surface area contributed by atoms with Gasteiger partial charge >= 0.3 is 37.7 Å². The smallest absolute Gasteiger partial charge is 0.830 e. The molecule has 0 aromatic heterocycles. The van der Waals surface area contributed by atoms with E-state index in [0.717, 1.165) is 0 Å². The van der Waals surface area contributed by atoms with E-state index in [-0.39, 0.29) is 50.9 Å². The maximum absolute atomic E-state index is 13.1. The number of ether oxygens (including phenoxy) is 4. The van der Waals surface area contributed by atoms with E-state index in [1.807, 2.05) is 0 Å². The van der Waals surface area contributed by atoms with E-state index >= 15 is 0 Å². The second-order valence-corrected chi connectivity index (χ2v) is 5.28. The van der Waals surface area contributed by atoms with Crippen molar-refractivity contribution in [1.82, 2.24) is 0 Å². The topological polar surface area (TPSA) is 83.0 Å². The van der Waals surface area contributed by atoms with Crippen molar-refractivity contribution in [2.45, 2.75) is 11.2 Å². The van der Waals surface area contributed by atoms with Crippen LogP contribution < -0.4 is 47.9 Å². The predicted molar refractivity (Wildman–Crippen MR) is 84.5 cm³/mol. The van der Waals surface area contributed by atoms with Gasteiger partial charge in [0.05, 0.1) is 35.5 Å². The molecule has 0 heterocycles. The van der Waals surface area contributed by atoms with Gasteiger partial charge in [-0.25, -0.2) is 0 Å². The van der Waals surface area contributed by atoms with Gasteiger partial charge in [0.25, 0.3) is 0 Å². The summed E-state index contributed by atoms with van der Waals surface area (Å²) in [5.74, 6) is 8.87. The first kappa shape index (κ1) is 28.0. The SMILES string of the molecule is COCC#CC1([O-])C(Cl)=C(OC)C([O-])(C#CCOC)C(Cl)=C1OC.[Li+].[Li+]. The Kier molecular flexibility index (Phi) is 13.3. The first-order valence-electron chi connectivity index (χ1n) is 6.61. The predicted octanol–water partition coefficient (Wildman–Crippen LogP) is -6.30. The Morgan fingerprint density at radius 1 is 0.769 bits per heavy atom. The first-order chi connectivity index (χ1) is 11.3. The molecule has 10 heteroatoms.